The van der Waals surface area contributed by atoms with Crippen molar-refractivity contribution in [2.75, 3.05) is 24.5 Å². The molecule has 0 saturated heterocycles. The molecule has 3 rings (SSSR count). The average Bonchev–Trinajstić information content (AvgIpc) is 3.04. The zero-order valence-electron chi connectivity index (χ0n) is 12.4. The standard InChI is InChI=1S/C16H20N4O2/c17-10-15-19-13(11-22-15)16(21)18-7-9-20-8-3-5-12-4-1-2-6-14(12)20/h1-2,4,6,11H,3,5,7-10,17H2,(H,18,21). The van der Waals surface area contributed by atoms with E-state index in [-0.39, 0.29) is 18.1 Å². The number of nitrogens with one attached hydrogen (secondary N) is 1. The van der Waals surface area contributed by atoms with Crippen LogP contribution in [0.3, 0.4) is 0 Å². The van der Waals surface area contributed by atoms with Crippen LogP contribution < -0.4 is 16.0 Å². The normalized spacial score (nSPS) is 13.8. The number of aromatic nitrogens is 1. The second-order valence-electron chi connectivity index (χ2n) is 5.31. The number of para-hydroxylation sites is 1. The van der Waals surface area contributed by atoms with Crippen molar-refractivity contribution in [3.63, 3.8) is 0 Å². The number of carbonyl (C=O) groups is 1. The SMILES string of the molecule is NCc1nc(C(=O)NCCN2CCCc3ccccc32)co1. The molecule has 116 valence electrons. The first-order chi connectivity index (χ1) is 10.8. The molecule has 0 spiro atoms. The summed E-state index contributed by atoms with van der Waals surface area (Å²) in [5.74, 6) is 0.142. The lowest BCUT2D eigenvalue weighted by Crippen LogP contribution is -2.37. The van der Waals surface area contributed by atoms with E-state index in [0.29, 0.717) is 12.4 Å². The third-order valence-corrected chi connectivity index (χ3v) is 3.83. The number of fused-ring (bicyclic) bond motifs is 1. The molecule has 3 N–H and O–H groups in total. The molecule has 0 aliphatic carbocycles. The molecule has 6 nitrogen and oxygen atoms in total. The van der Waals surface area contributed by atoms with Crippen molar-refractivity contribution < 1.29 is 9.21 Å². The van der Waals surface area contributed by atoms with Gasteiger partial charge in [0.1, 0.15) is 6.26 Å². The fraction of sp³-hybridized carbons (Fsp3) is 0.375. The Morgan fingerprint density at radius 2 is 2.27 bits per heavy atom. The van der Waals surface area contributed by atoms with Gasteiger partial charge in [-0.2, -0.15) is 0 Å². The number of aryl methyl sites for hydroxylation is 1. The topological polar surface area (TPSA) is 84.4 Å². The molecule has 0 fully saturated rings. The van der Waals surface area contributed by atoms with Crippen LogP contribution in [0.5, 0.6) is 0 Å². The monoisotopic (exact) mass is 300 g/mol. The van der Waals surface area contributed by atoms with Crippen LogP contribution in [-0.2, 0) is 13.0 Å². The van der Waals surface area contributed by atoms with Gasteiger partial charge in [0.05, 0.1) is 6.54 Å². The molecular weight excluding hydrogens is 280 g/mol. The van der Waals surface area contributed by atoms with Crippen LogP contribution in [0, 0.1) is 0 Å². The van der Waals surface area contributed by atoms with E-state index in [2.05, 4.69) is 39.5 Å². The molecular formula is C16H20N4O2. The van der Waals surface area contributed by atoms with E-state index in [0.717, 1.165) is 25.9 Å². The molecule has 1 aromatic carbocycles. The molecule has 0 unspecified atom stereocenters. The molecule has 0 radical (unpaired) electrons. The Morgan fingerprint density at radius 3 is 3.09 bits per heavy atom. The van der Waals surface area contributed by atoms with E-state index in [9.17, 15) is 4.79 Å². The zero-order valence-corrected chi connectivity index (χ0v) is 12.4. The predicted octanol–water partition coefficient (Wildman–Crippen LogP) is 1.32. The van der Waals surface area contributed by atoms with Crippen LogP contribution >= 0.6 is 0 Å². The number of hydrogen-bond donors (Lipinski definition) is 2. The third kappa shape index (κ3) is 3.12. The minimum absolute atomic E-state index is 0.192. The van der Waals surface area contributed by atoms with Crippen molar-refractivity contribution in [1.29, 1.82) is 0 Å². The van der Waals surface area contributed by atoms with Crippen molar-refractivity contribution >= 4 is 11.6 Å². The summed E-state index contributed by atoms with van der Waals surface area (Å²) >= 11 is 0. The van der Waals surface area contributed by atoms with Crippen molar-refractivity contribution in [3.8, 4) is 0 Å². The number of nitrogens with zero attached hydrogens (tertiary/aromatic N) is 2. The molecule has 1 aliphatic heterocycles. The van der Waals surface area contributed by atoms with E-state index in [1.165, 1.54) is 17.5 Å². The Balaban J connectivity index is 1.54. The number of oxazole rings is 1. The number of benzene rings is 1. The van der Waals surface area contributed by atoms with Gasteiger partial charge in [-0.25, -0.2) is 4.98 Å². The highest BCUT2D eigenvalue weighted by molar-refractivity contribution is 5.91. The maximum Gasteiger partial charge on any atom is 0.273 e. The summed E-state index contributed by atoms with van der Waals surface area (Å²) in [5, 5.41) is 2.87. The number of rotatable bonds is 5. The van der Waals surface area contributed by atoms with Crippen molar-refractivity contribution in [2.45, 2.75) is 19.4 Å². The Kier molecular flexibility index (Phi) is 4.39. The van der Waals surface area contributed by atoms with Gasteiger partial charge in [0, 0.05) is 25.3 Å². The molecule has 0 atom stereocenters. The molecule has 2 heterocycles. The Hall–Kier alpha value is -2.34. The summed E-state index contributed by atoms with van der Waals surface area (Å²) in [5.41, 5.74) is 8.34. The van der Waals surface area contributed by atoms with Crippen LogP contribution in [0.1, 0.15) is 28.4 Å². The van der Waals surface area contributed by atoms with Crippen LogP contribution in [0.2, 0.25) is 0 Å². The number of hydrogen-bond acceptors (Lipinski definition) is 5. The van der Waals surface area contributed by atoms with Crippen LogP contribution in [0.4, 0.5) is 5.69 Å². The highest BCUT2D eigenvalue weighted by Gasteiger charge is 2.16. The molecule has 1 aliphatic rings. The van der Waals surface area contributed by atoms with Crippen LogP contribution in [0.15, 0.2) is 34.9 Å². The van der Waals surface area contributed by atoms with Crippen molar-refractivity contribution in [1.82, 2.24) is 10.3 Å². The minimum atomic E-state index is -0.228. The maximum atomic E-state index is 12.0. The van der Waals surface area contributed by atoms with E-state index < -0.39 is 0 Å². The van der Waals surface area contributed by atoms with Gasteiger partial charge in [-0.3, -0.25) is 4.79 Å². The first kappa shape index (κ1) is 14.6. The highest BCUT2D eigenvalue weighted by Crippen LogP contribution is 2.25. The lowest BCUT2D eigenvalue weighted by Gasteiger charge is -2.31. The van der Waals surface area contributed by atoms with E-state index in [1.807, 2.05) is 0 Å². The molecule has 0 bridgehead atoms. The van der Waals surface area contributed by atoms with Gasteiger partial charge in [0.2, 0.25) is 5.89 Å². The third-order valence-electron chi connectivity index (χ3n) is 3.83. The van der Waals surface area contributed by atoms with Gasteiger partial charge < -0.3 is 20.4 Å². The fourth-order valence-electron chi connectivity index (χ4n) is 2.75. The Bertz CT molecular complexity index is 653. The second-order valence-corrected chi connectivity index (χ2v) is 5.31. The molecule has 6 heteroatoms. The highest BCUT2D eigenvalue weighted by atomic mass is 16.3. The maximum absolute atomic E-state index is 12.0. The molecule has 22 heavy (non-hydrogen) atoms. The van der Waals surface area contributed by atoms with E-state index in [4.69, 9.17) is 10.2 Å². The zero-order chi connectivity index (χ0) is 15.4. The van der Waals surface area contributed by atoms with E-state index in [1.54, 1.807) is 0 Å². The fourth-order valence-corrected chi connectivity index (χ4v) is 2.75. The van der Waals surface area contributed by atoms with Gasteiger partial charge >= 0.3 is 0 Å². The summed E-state index contributed by atoms with van der Waals surface area (Å²) in [7, 11) is 0. The minimum Gasteiger partial charge on any atom is -0.447 e. The van der Waals surface area contributed by atoms with Gasteiger partial charge in [0.25, 0.3) is 5.91 Å². The van der Waals surface area contributed by atoms with Gasteiger partial charge in [-0.05, 0) is 24.5 Å². The van der Waals surface area contributed by atoms with Crippen molar-refractivity contribution in [2.24, 2.45) is 5.73 Å². The van der Waals surface area contributed by atoms with Crippen LogP contribution in [0.25, 0.3) is 0 Å². The quantitative estimate of drug-likeness (QED) is 0.870. The number of amides is 1. The van der Waals surface area contributed by atoms with Gasteiger partial charge in [-0.15, -0.1) is 0 Å². The van der Waals surface area contributed by atoms with E-state index >= 15 is 0 Å². The summed E-state index contributed by atoms with van der Waals surface area (Å²) in [6.07, 6.45) is 3.61. The average molecular weight is 300 g/mol. The number of carbonyl (C=O) groups excluding carboxylic acids is 1. The van der Waals surface area contributed by atoms with Crippen LogP contribution in [-0.4, -0.2) is 30.5 Å². The van der Waals surface area contributed by atoms with Gasteiger partial charge in [-0.1, -0.05) is 18.2 Å². The summed E-state index contributed by atoms with van der Waals surface area (Å²) in [6.45, 7) is 2.56. The molecule has 2 aromatic rings. The first-order valence-corrected chi connectivity index (χ1v) is 7.53. The first-order valence-electron chi connectivity index (χ1n) is 7.53. The second kappa shape index (κ2) is 6.62. The number of anilines is 1. The van der Waals surface area contributed by atoms with Gasteiger partial charge in [0.15, 0.2) is 5.69 Å². The number of nitrogens with two attached hydrogens (primary N) is 1. The Morgan fingerprint density at radius 1 is 1.41 bits per heavy atom. The Labute approximate surface area is 129 Å². The molecule has 1 aromatic heterocycles. The summed E-state index contributed by atoms with van der Waals surface area (Å²) in [4.78, 5) is 18.3. The van der Waals surface area contributed by atoms with Crippen molar-refractivity contribution in [3.05, 3.63) is 47.7 Å². The predicted molar refractivity (Wildman–Crippen MR) is 83.7 cm³/mol. The molecule has 0 saturated carbocycles. The largest absolute Gasteiger partial charge is 0.447 e. The molecule has 1 amide bonds. The summed E-state index contributed by atoms with van der Waals surface area (Å²) in [6, 6.07) is 8.44. The lowest BCUT2D eigenvalue weighted by atomic mass is 10.0. The smallest absolute Gasteiger partial charge is 0.273 e. The summed E-state index contributed by atoms with van der Waals surface area (Å²) < 4.78 is 5.07. The lowest BCUT2D eigenvalue weighted by molar-refractivity contribution is 0.0949.